The van der Waals surface area contributed by atoms with E-state index < -0.39 is 0 Å². The van der Waals surface area contributed by atoms with Gasteiger partial charge in [0.2, 0.25) is 0 Å². The van der Waals surface area contributed by atoms with Gasteiger partial charge in [0.05, 0.1) is 33.5 Å². The minimum absolute atomic E-state index is 0.169. The van der Waals surface area contributed by atoms with Crippen LogP contribution in [0.15, 0.2) is 64.7 Å². The SMILES string of the molecule is CCC1N=C(N=CN)c2cccc(Cl)c2-n2c1nc1ccc(-c3ccc(P(C)C)nc3)cc12. The minimum Gasteiger partial charge on any atom is -0.390 e. The number of amidine groups is 1. The third-order valence-electron chi connectivity index (χ3n) is 5.83. The van der Waals surface area contributed by atoms with Crippen molar-refractivity contribution >= 4 is 48.2 Å². The molecule has 0 fully saturated rings. The van der Waals surface area contributed by atoms with Crippen molar-refractivity contribution in [2.24, 2.45) is 15.7 Å². The van der Waals surface area contributed by atoms with Crippen molar-refractivity contribution in [3.8, 4) is 16.8 Å². The first-order valence-corrected chi connectivity index (χ1v) is 13.4. The molecule has 1 aliphatic rings. The first-order chi connectivity index (χ1) is 16.0. The summed E-state index contributed by atoms with van der Waals surface area (Å²) in [6.45, 7) is 6.51. The second-order valence-electron chi connectivity index (χ2n) is 8.10. The number of benzene rings is 2. The van der Waals surface area contributed by atoms with Crippen molar-refractivity contribution < 1.29 is 0 Å². The molecule has 6 nitrogen and oxygen atoms in total. The first-order valence-electron chi connectivity index (χ1n) is 10.8. The van der Waals surface area contributed by atoms with E-state index in [4.69, 9.17) is 27.3 Å². The zero-order valence-electron chi connectivity index (χ0n) is 18.7. The van der Waals surface area contributed by atoms with Crippen LogP contribution < -0.4 is 11.2 Å². The van der Waals surface area contributed by atoms with Gasteiger partial charge in [0.25, 0.3) is 0 Å². The van der Waals surface area contributed by atoms with Crippen molar-refractivity contribution in [1.82, 2.24) is 14.5 Å². The molecule has 2 N–H and O–H groups in total. The number of aromatic nitrogens is 3. The van der Waals surface area contributed by atoms with Gasteiger partial charge < -0.3 is 5.73 Å². The first kappa shape index (κ1) is 21.7. The topological polar surface area (TPSA) is 81.5 Å². The highest BCUT2D eigenvalue weighted by Gasteiger charge is 2.28. The summed E-state index contributed by atoms with van der Waals surface area (Å²) in [4.78, 5) is 18.9. The van der Waals surface area contributed by atoms with Gasteiger partial charge >= 0.3 is 0 Å². The molecule has 33 heavy (non-hydrogen) atoms. The molecule has 4 aromatic rings. The molecule has 0 amide bonds. The van der Waals surface area contributed by atoms with Crippen LogP contribution in [0.25, 0.3) is 27.8 Å². The van der Waals surface area contributed by atoms with Crippen LogP contribution in [0.3, 0.4) is 0 Å². The molecule has 0 saturated heterocycles. The Morgan fingerprint density at radius 2 is 1.97 bits per heavy atom. The van der Waals surface area contributed by atoms with Gasteiger partial charge in [-0.15, -0.1) is 0 Å². The molecule has 1 atom stereocenters. The molecule has 0 spiro atoms. The minimum atomic E-state index is -0.228. The molecule has 0 aliphatic carbocycles. The van der Waals surface area contributed by atoms with Gasteiger partial charge in [0.1, 0.15) is 11.9 Å². The van der Waals surface area contributed by atoms with E-state index in [0.717, 1.165) is 51.1 Å². The van der Waals surface area contributed by atoms with Crippen molar-refractivity contribution in [3.05, 3.63) is 71.1 Å². The van der Waals surface area contributed by atoms with E-state index in [1.807, 2.05) is 24.4 Å². The second kappa shape index (κ2) is 8.69. The fourth-order valence-corrected chi connectivity index (χ4v) is 5.12. The molecule has 1 unspecified atom stereocenters. The summed E-state index contributed by atoms with van der Waals surface area (Å²) >= 11 is 6.77. The summed E-state index contributed by atoms with van der Waals surface area (Å²) in [5.41, 5.74) is 12.5. The number of rotatable bonds is 3. The van der Waals surface area contributed by atoms with Gasteiger partial charge in [0, 0.05) is 17.3 Å². The summed E-state index contributed by atoms with van der Waals surface area (Å²) in [7, 11) is -0.228. The summed E-state index contributed by atoms with van der Waals surface area (Å²) < 4.78 is 2.13. The number of hydrogen-bond acceptors (Lipinski definition) is 4. The highest BCUT2D eigenvalue weighted by atomic mass is 35.5. The highest BCUT2D eigenvalue weighted by molar-refractivity contribution is 7.63. The van der Waals surface area contributed by atoms with Crippen molar-refractivity contribution in [2.45, 2.75) is 19.4 Å². The fraction of sp³-hybridized carbons (Fsp3) is 0.200. The lowest BCUT2D eigenvalue weighted by atomic mass is 10.1. The van der Waals surface area contributed by atoms with Gasteiger partial charge in [-0.3, -0.25) is 14.5 Å². The molecule has 5 rings (SSSR count). The summed E-state index contributed by atoms with van der Waals surface area (Å²) in [5, 5.41) is 0.611. The Morgan fingerprint density at radius 3 is 2.67 bits per heavy atom. The number of nitrogens with two attached hydrogens (primary N) is 1. The van der Waals surface area contributed by atoms with Crippen LogP contribution >= 0.6 is 19.5 Å². The number of para-hydroxylation sites is 1. The molecule has 0 saturated carbocycles. The molecule has 3 heterocycles. The monoisotopic (exact) mass is 474 g/mol. The number of pyridine rings is 1. The average Bonchev–Trinajstić information content (AvgIpc) is 3.13. The van der Waals surface area contributed by atoms with E-state index in [1.54, 1.807) is 0 Å². The molecular formula is C25H24ClN6P. The molecule has 2 aromatic heterocycles. The van der Waals surface area contributed by atoms with Gasteiger partial charge in [-0.05, 0) is 55.6 Å². The Morgan fingerprint density at radius 1 is 1.15 bits per heavy atom. The quantitative estimate of drug-likeness (QED) is 0.248. The van der Waals surface area contributed by atoms with Crippen LogP contribution in [-0.2, 0) is 0 Å². The lowest BCUT2D eigenvalue weighted by Gasteiger charge is -2.14. The second-order valence-corrected chi connectivity index (χ2v) is 10.8. The standard InChI is InChI=1S/C25H24ClN6P/c1-4-19-25-31-20-10-8-15(16-9-11-22(28-13-16)33(2)3)12-21(20)32(25)23-17(6-5-7-18(23)26)24(30-19)29-14-27/h5-14,19H,4H2,1-3H3,(H2,27,29,30). The maximum atomic E-state index is 6.77. The van der Waals surface area contributed by atoms with E-state index >= 15 is 0 Å². The molecule has 0 bridgehead atoms. The van der Waals surface area contributed by atoms with Crippen LogP contribution in [0.5, 0.6) is 0 Å². The van der Waals surface area contributed by atoms with Gasteiger partial charge in [-0.1, -0.05) is 44.6 Å². The highest BCUT2D eigenvalue weighted by Crippen LogP contribution is 2.38. The smallest absolute Gasteiger partial charge is 0.159 e. The molecular weight excluding hydrogens is 451 g/mol. The lowest BCUT2D eigenvalue weighted by Crippen LogP contribution is -2.06. The van der Waals surface area contributed by atoms with Crippen LogP contribution in [0.2, 0.25) is 5.02 Å². The molecule has 2 aromatic carbocycles. The number of aliphatic imine (C=N–C) groups is 2. The predicted octanol–water partition coefficient (Wildman–Crippen LogP) is 5.31. The lowest BCUT2D eigenvalue weighted by molar-refractivity contribution is 0.648. The zero-order chi connectivity index (χ0) is 23.1. The zero-order valence-corrected chi connectivity index (χ0v) is 20.3. The van der Waals surface area contributed by atoms with E-state index in [-0.39, 0.29) is 14.0 Å². The Balaban J connectivity index is 1.77. The van der Waals surface area contributed by atoms with Crippen molar-refractivity contribution in [2.75, 3.05) is 13.3 Å². The van der Waals surface area contributed by atoms with Gasteiger partial charge in [0.15, 0.2) is 5.84 Å². The molecule has 1 aliphatic heterocycles. The number of imidazole rings is 1. The number of nitrogens with zero attached hydrogens (tertiary/aromatic N) is 5. The van der Waals surface area contributed by atoms with E-state index in [2.05, 4.69) is 65.1 Å². The number of halogens is 1. The largest absolute Gasteiger partial charge is 0.390 e. The third kappa shape index (κ3) is 3.73. The Labute approximate surface area is 199 Å². The van der Waals surface area contributed by atoms with E-state index in [1.165, 1.54) is 6.34 Å². The van der Waals surface area contributed by atoms with E-state index in [0.29, 0.717) is 10.9 Å². The Hall–Kier alpha value is -3.08. The van der Waals surface area contributed by atoms with Crippen LogP contribution in [-0.4, -0.2) is 40.0 Å². The average molecular weight is 475 g/mol. The Bertz CT molecular complexity index is 1400. The number of hydrogen-bond donors (Lipinski definition) is 1. The summed E-state index contributed by atoms with van der Waals surface area (Å²) in [6.07, 6.45) is 3.99. The summed E-state index contributed by atoms with van der Waals surface area (Å²) in [5.74, 6) is 1.41. The van der Waals surface area contributed by atoms with Crippen LogP contribution in [0.4, 0.5) is 0 Å². The van der Waals surface area contributed by atoms with Gasteiger partial charge in [-0.25, -0.2) is 9.98 Å². The normalized spacial score (nSPS) is 15.5. The molecule has 0 radical (unpaired) electrons. The molecule has 8 heteroatoms. The summed E-state index contributed by atoms with van der Waals surface area (Å²) in [6, 6.07) is 16.1. The maximum absolute atomic E-state index is 6.77. The Kier molecular flexibility index (Phi) is 5.73. The van der Waals surface area contributed by atoms with Crippen LogP contribution in [0.1, 0.15) is 30.8 Å². The van der Waals surface area contributed by atoms with Crippen LogP contribution in [0, 0.1) is 0 Å². The third-order valence-corrected chi connectivity index (χ3v) is 7.32. The number of fused-ring (bicyclic) bond motifs is 5. The van der Waals surface area contributed by atoms with Gasteiger partial charge in [-0.2, -0.15) is 0 Å². The predicted molar refractivity (Wildman–Crippen MR) is 140 cm³/mol. The fourth-order valence-electron chi connectivity index (χ4n) is 4.20. The van der Waals surface area contributed by atoms with Crippen molar-refractivity contribution in [1.29, 1.82) is 0 Å². The van der Waals surface area contributed by atoms with E-state index in [9.17, 15) is 0 Å². The maximum Gasteiger partial charge on any atom is 0.159 e. The van der Waals surface area contributed by atoms with Crippen molar-refractivity contribution in [3.63, 3.8) is 0 Å². The molecule has 166 valence electrons.